The van der Waals surface area contributed by atoms with Crippen LogP contribution in [0.5, 0.6) is 0 Å². The van der Waals surface area contributed by atoms with E-state index in [-0.39, 0.29) is 0 Å². The summed E-state index contributed by atoms with van der Waals surface area (Å²) in [6, 6.07) is 10.9. The van der Waals surface area contributed by atoms with E-state index in [0.29, 0.717) is 5.92 Å². The molecule has 0 spiro atoms. The SMILES string of the molecule is Cc1cc(C)c(C)c(-c2c3cc(-c4cnc(CC(C)C)cn4)ccc3nc[n+]2C)c1. The molecule has 4 heteroatoms. The van der Waals surface area contributed by atoms with Gasteiger partial charge in [0.25, 0.3) is 6.33 Å². The molecule has 4 aromatic rings. The molecule has 0 saturated heterocycles. The summed E-state index contributed by atoms with van der Waals surface area (Å²) in [5.41, 5.74) is 10.3. The lowest BCUT2D eigenvalue weighted by atomic mass is 9.95. The zero-order valence-corrected chi connectivity index (χ0v) is 18.7. The maximum absolute atomic E-state index is 4.69. The number of benzene rings is 2. The highest BCUT2D eigenvalue weighted by molar-refractivity contribution is 5.94. The Balaban J connectivity index is 1.88. The normalized spacial score (nSPS) is 11.4. The van der Waals surface area contributed by atoms with E-state index in [1.165, 1.54) is 27.9 Å². The smallest absolute Gasteiger partial charge is 0.257 e. The zero-order valence-electron chi connectivity index (χ0n) is 18.7. The van der Waals surface area contributed by atoms with Gasteiger partial charge in [0.05, 0.1) is 30.0 Å². The zero-order chi connectivity index (χ0) is 21.4. The van der Waals surface area contributed by atoms with Gasteiger partial charge in [-0.2, -0.15) is 0 Å². The Labute approximate surface area is 178 Å². The van der Waals surface area contributed by atoms with Crippen molar-refractivity contribution in [2.24, 2.45) is 13.0 Å². The van der Waals surface area contributed by atoms with Crippen LogP contribution in [0.25, 0.3) is 33.4 Å². The molecule has 0 unspecified atom stereocenters. The molecule has 0 aliphatic heterocycles. The second-order valence-electron chi connectivity index (χ2n) is 8.68. The first-order valence-corrected chi connectivity index (χ1v) is 10.5. The molecule has 0 fully saturated rings. The first-order chi connectivity index (χ1) is 14.3. The summed E-state index contributed by atoms with van der Waals surface area (Å²) in [4.78, 5) is 14.0. The summed E-state index contributed by atoms with van der Waals surface area (Å²) >= 11 is 0. The monoisotopic (exact) mass is 397 g/mol. The lowest BCUT2D eigenvalue weighted by Gasteiger charge is -2.13. The van der Waals surface area contributed by atoms with Crippen molar-refractivity contribution in [3.05, 3.63) is 71.4 Å². The highest BCUT2D eigenvalue weighted by Crippen LogP contribution is 2.31. The van der Waals surface area contributed by atoms with Crippen LogP contribution in [0, 0.1) is 26.7 Å². The quantitative estimate of drug-likeness (QED) is 0.439. The van der Waals surface area contributed by atoms with E-state index in [1.807, 2.05) is 18.7 Å². The molecule has 0 saturated carbocycles. The van der Waals surface area contributed by atoms with Crippen molar-refractivity contribution in [3.63, 3.8) is 0 Å². The second kappa shape index (κ2) is 7.94. The Bertz CT molecular complexity index is 1220. The Hall–Kier alpha value is -3.14. The molecule has 152 valence electrons. The van der Waals surface area contributed by atoms with Crippen LogP contribution >= 0.6 is 0 Å². The molecule has 0 aliphatic rings. The summed E-state index contributed by atoms with van der Waals surface area (Å²) in [5, 5.41) is 1.12. The van der Waals surface area contributed by atoms with Crippen molar-refractivity contribution in [2.45, 2.75) is 41.0 Å². The fourth-order valence-electron chi connectivity index (χ4n) is 4.04. The predicted octanol–water partition coefficient (Wildman–Crippen LogP) is 5.31. The van der Waals surface area contributed by atoms with Crippen LogP contribution in [0.1, 0.15) is 36.2 Å². The molecule has 2 aromatic heterocycles. The number of hydrogen-bond donors (Lipinski definition) is 0. The van der Waals surface area contributed by atoms with Gasteiger partial charge < -0.3 is 0 Å². The Morgan fingerprint density at radius 3 is 2.43 bits per heavy atom. The van der Waals surface area contributed by atoms with Crippen molar-refractivity contribution in [1.82, 2.24) is 15.0 Å². The van der Waals surface area contributed by atoms with E-state index in [4.69, 9.17) is 0 Å². The first kappa shape index (κ1) is 20.1. The standard InChI is InChI=1S/C26H29N4/c1-16(2)9-21-13-28-25(14-27-21)20-7-8-24-23(12-20)26(30(6)15-29-24)22-11-17(3)10-18(4)19(22)5/h7-8,10-16H,9H2,1-6H3/q+1. The van der Waals surface area contributed by atoms with Crippen LogP contribution in [-0.2, 0) is 13.5 Å². The second-order valence-corrected chi connectivity index (χ2v) is 8.68. The number of aryl methyl sites for hydroxylation is 3. The van der Waals surface area contributed by atoms with Crippen molar-refractivity contribution >= 4 is 10.9 Å². The van der Waals surface area contributed by atoms with Crippen molar-refractivity contribution < 1.29 is 4.57 Å². The van der Waals surface area contributed by atoms with E-state index in [2.05, 4.69) is 91.5 Å². The Morgan fingerprint density at radius 1 is 0.933 bits per heavy atom. The molecule has 0 aliphatic carbocycles. The third-order valence-corrected chi connectivity index (χ3v) is 5.66. The van der Waals surface area contributed by atoms with Gasteiger partial charge in [0.1, 0.15) is 5.69 Å². The molecule has 0 bridgehead atoms. The van der Waals surface area contributed by atoms with Gasteiger partial charge in [-0.25, -0.2) is 4.57 Å². The number of hydrogen-bond acceptors (Lipinski definition) is 3. The predicted molar refractivity (Wildman–Crippen MR) is 122 cm³/mol. The minimum Gasteiger partial charge on any atom is -0.257 e. The lowest BCUT2D eigenvalue weighted by Crippen LogP contribution is -2.32. The highest BCUT2D eigenvalue weighted by Gasteiger charge is 2.19. The van der Waals surface area contributed by atoms with E-state index in [9.17, 15) is 0 Å². The van der Waals surface area contributed by atoms with Crippen molar-refractivity contribution in [2.75, 3.05) is 0 Å². The molecule has 0 amide bonds. The van der Waals surface area contributed by atoms with Crippen LogP contribution in [0.4, 0.5) is 0 Å². The summed E-state index contributed by atoms with van der Waals surface area (Å²) in [6.07, 6.45) is 6.63. The Morgan fingerprint density at radius 2 is 1.73 bits per heavy atom. The van der Waals surface area contributed by atoms with E-state index in [0.717, 1.165) is 34.3 Å². The fraction of sp³-hybridized carbons (Fsp3) is 0.308. The third-order valence-electron chi connectivity index (χ3n) is 5.66. The van der Waals surface area contributed by atoms with Crippen LogP contribution in [0.2, 0.25) is 0 Å². The first-order valence-electron chi connectivity index (χ1n) is 10.5. The Kier molecular flexibility index (Phi) is 5.33. The average molecular weight is 398 g/mol. The van der Waals surface area contributed by atoms with Gasteiger partial charge in [0.2, 0.25) is 0 Å². The number of fused-ring (bicyclic) bond motifs is 1. The number of nitrogens with zero attached hydrogens (tertiary/aromatic N) is 4. The van der Waals surface area contributed by atoms with Crippen molar-refractivity contribution in [1.29, 1.82) is 0 Å². The highest BCUT2D eigenvalue weighted by atomic mass is 15.0. The summed E-state index contributed by atoms with van der Waals surface area (Å²) in [6.45, 7) is 10.9. The van der Waals surface area contributed by atoms with Gasteiger partial charge in [-0.1, -0.05) is 25.5 Å². The van der Waals surface area contributed by atoms with Gasteiger partial charge >= 0.3 is 0 Å². The van der Waals surface area contributed by atoms with Gasteiger partial charge in [-0.15, -0.1) is 0 Å². The summed E-state index contributed by atoms with van der Waals surface area (Å²) in [5.74, 6) is 0.570. The van der Waals surface area contributed by atoms with Gasteiger partial charge in [-0.3, -0.25) is 9.97 Å². The number of aromatic nitrogens is 4. The maximum atomic E-state index is 4.69. The minimum atomic E-state index is 0.570. The molecule has 2 heterocycles. The van der Waals surface area contributed by atoms with Gasteiger partial charge in [0.15, 0.2) is 5.52 Å². The fourth-order valence-corrected chi connectivity index (χ4v) is 4.04. The largest absolute Gasteiger partial charge is 0.287 e. The van der Waals surface area contributed by atoms with Crippen LogP contribution < -0.4 is 4.57 Å². The molecule has 4 rings (SSSR count). The van der Waals surface area contributed by atoms with E-state index >= 15 is 0 Å². The summed E-state index contributed by atoms with van der Waals surface area (Å²) in [7, 11) is 2.06. The van der Waals surface area contributed by atoms with E-state index in [1.54, 1.807) is 0 Å². The molecule has 4 nitrogen and oxygen atoms in total. The maximum Gasteiger partial charge on any atom is 0.287 e. The topological polar surface area (TPSA) is 42.6 Å². The van der Waals surface area contributed by atoms with Gasteiger partial charge in [0, 0.05) is 17.3 Å². The van der Waals surface area contributed by atoms with Gasteiger partial charge in [-0.05, 0) is 73.5 Å². The number of rotatable bonds is 4. The molecule has 2 aromatic carbocycles. The molecule has 0 atom stereocenters. The van der Waals surface area contributed by atoms with Crippen LogP contribution in [0.3, 0.4) is 0 Å². The minimum absolute atomic E-state index is 0.570. The molecule has 0 N–H and O–H groups in total. The van der Waals surface area contributed by atoms with Crippen LogP contribution in [0.15, 0.2) is 49.1 Å². The van der Waals surface area contributed by atoms with Crippen molar-refractivity contribution in [3.8, 4) is 22.5 Å². The van der Waals surface area contributed by atoms with E-state index < -0.39 is 0 Å². The molecule has 0 radical (unpaired) electrons. The molecular weight excluding hydrogens is 368 g/mol. The lowest BCUT2D eigenvalue weighted by molar-refractivity contribution is -0.662. The molecule has 30 heavy (non-hydrogen) atoms. The van der Waals surface area contributed by atoms with Crippen LogP contribution in [-0.4, -0.2) is 15.0 Å². The molecular formula is C26H29N4+. The third kappa shape index (κ3) is 3.82. The summed E-state index contributed by atoms with van der Waals surface area (Å²) < 4.78 is 2.12. The average Bonchev–Trinajstić information content (AvgIpc) is 2.71.